The van der Waals surface area contributed by atoms with Crippen molar-refractivity contribution < 1.29 is 38.8 Å². The van der Waals surface area contributed by atoms with Crippen molar-refractivity contribution in [2.24, 2.45) is 5.92 Å². The SMILES string of the molecule is CCCCCC(=O)N(CCCCCC(=O)C1CC(=O)N(O)C1=O)NC(=O)CCCCCC(=O)CCCC[C@@H]1SC[C@@H]2NC(=O)N[C@@H]21. The highest BCUT2D eigenvalue weighted by Crippen LogP contribution is 2.33. The maximum Gasteiger partial charge on any atom is 0.315 e. The molecule has 13 nitrogen and oxygen atoms in total. The van der Waals surface area contributed by atoms with Crippen LogP contribution in [0.5, 0.6) is 0 Å². The number of carbonyl (C=O) groups excluding carboxylic acids is 7. The van der Waals surface area contributed by atoms with Crippen LogP contribution in [0.1, 0.15) is 122 Å². The Bertz CT molecular complexity index is 1100. The first-order valence-electron chi connectivity index (χ1n) is 17.0. The number of hydrazine groups is 1. The Morgan fingerprint density at radius 1 is 0.870 bits per heavy atom. The summed E-state index contributed by atoms with van der Waals surface area (Å²) in [4.78, 5) is 84.8. The van der Waals surface area contributed by atoms with Gasteiger partial charge in [-0.1, -0.05) is 39.0 Å². The van der Waals surface area contributed by atoms with Gasteiger partial charge in [0.25, 0.3) is 11.8 Å². The number of fused-ring (bicyclic) bond motifs is 1. The van der Waals surface area contributed by atoms with E-state index in [1.165, 1.54) is 5.01 Å². The number of urea groups is 1. The second-order valence-electron chi connectivity index (χ2n) is 12.6. The maximum absolute atomic E-state index is 12.8. The number of rotatable bonds is 22. The number of thioether (sulfide) groups is 1. The number of hydrogen-bond acceptors (Lipinski definition) is 9. The lowest BCUT2D eigenvalue weighted by atomic mass is 9.97. The van der Waals surface area contributed by atoms with Gasteiger partial charge in [-0.2, -0.15) is 16.8 Å². The van der Waals surface area contributed by atoms with Crippen LogP contribution in [0.3, 0.4) is 0 Å². The van der Waals surface area contributed by atoms with Gasteiger partial charge in [-0.05, 0) is 44.9 Å². The zero-order chi connectivity index (χ0) is 33.5. The van der Waals surface area contributed by atoms with E-state index < -0.39 is 17.7 Å². The third kappa shape index (κ3) is 12.0. The van der Waals surface area contributed by atoms with Crippen LogP contribution in [-0.2, 0) is 28.8 Å². The van der Waals surface area contributed by atoms with E-state index in [-0.39, 0.29) is 65.8 Å². The second-order valence-corrected chi connectivity index (χ2v) is 13.9. The van der Waals surface area contributed by atoms with Crippen LogP contribution in [0.2, 0.25) is 0 Å². The normalized spacial score (nSPS) is 22.0. The molecule has 0 bridgehead atoms. The van der Waals surface area contributed by atoms with Gasteiger partial charge in [0.2, 0.25) is 11.8 Å². The molecule has 0 aromatic carbocycles. The molecule has 14 heteroatoms. The number of nitrogens with one attached hydrogen (secondary N) is 3. The summed E-state index contributed by atoms with van der Waals surface area (Å²) in [5, 5.41) is 17.1. The van der Waals surface area contributed by atoms with Crippen molar-refractivity contribution in [1.82, 2.24) is 26.1 Å². The number of nitrogens with zero attached hydrogens (tertiary/aromatic N) is 2. The molecular formula is C32H51N5O8S. The molecule has 1 unspecified atom stereocenters. The quantitative estimate of drug-likeness (QED) is 0.0336. The molecular weight excluding hydrogens is 614 g/mol. The highest BCUT2D eigenvalue weighted by Gasteiger charge is 2.43. The molecule has 0 spiro atoms. The Hall–Kier alpha value is -3.00. The number of hydroxylamine groups is 2. The molecule has 4 N–H and O–H groups in total. The average Bonchev–Trinajstić information content (AvgIpc) is 3.66. The first-order valence-corrected chi connectivity index (χ1v) is 18.0. The van der Waals surface area contributed by atoms with Crippen molar-refractivity contribution >= 4 is 53.0 Å². The fourth-order valence-corrected chi connectivity index (χ4v) is 7.66. The van der Waals surface area contributed by atoms with Gasteiger partial charge in [-0.3, -0.25) is 44.4 Å². The van der Waals surface area contributed by atoms with Crippen LogP contribution < -0.4 is 16.1 Å². The molecule has 0 saturated carbocycles. The van der Waals surface area contributed by atoms with E-state index in [1.54, 1.807) is 0 Å². The molecule has 4 atom stereocenters. The lowest BCUT2D eigenvalue weighted by Crippen LogP contribution is -2.46. The summed E-state index contributed by atoms with van der Waals surface area (Å²) in [5.41, 5.74) is 2.74. The van der Waals surface area contributed by atoms with E-state index in [1.807, 2.05) is 18.7 Å². The fraction of sp³-hybridized carbons (Fsp3) is 0.781. The van der Waals surface area contributed by atoms with Gasteiger partial charge in [-0.25, -0.2) is 4.79 Å². The van der Waals surface area contributed by atoms with Crippen molar-refractivity contribution in [2.75, 3.05) is 12.3 Å². The molecule has 0 aliphatic carbocycles. The van der Waals surface area contributed by atoms with Crippen molar-refractivity contribution in [3.05, 3.63) is 0 Å². The Kier molecular flexibility index (Phi) is 16.0. The molecule has 0 radical (unpaired) electrons. The number of unbranched alkanes of at least 4 members (excludes halogenated alkanes) is 7. The minimum Gasteiger partial charge on any atom is -0.332 e. The Morgan fingerprint density at radius 2 is 1.54 bits per heavy atom. The largest absolute Gasteiger partial charge is 0.332 e. The number of amides is 6. The summed E-state index contributed by atoms with van der Waals surface area (Å²) in [7, 11) is 0. The van der Waals surface area contributed by atoms with Crippen LogP contribution >= 0.6 is 11.8 Å². The number of carbonyl (C=O) groups is 7. The van der Waals surface area contributed by atoms with Gasteiger partial charge in [0, 0.05) is 56.1 Å². The summed E-state index contributed by atoms with van der Waals surface area (Å²) < 4.78 is 0. The van der Waals surface area contributed by atoms with Crippen LogP contribution in [0.25, 0.3) is 0 Å². The predicted octanol–water partition coefficient (Wildman–Crippen LogP) is 3.57. The molecule has 3 aliphatic rings. The van der Waals surface area contributed by atoms with Gasteiger partial charge < -0.3 is 10.6 Å². The van der Waals surface area contributed by atoms with Crippen molar-refractivity contribution in [1.29, 1.82) is 0 Å². The summed E-state index contributed by atoms with van der Waals surface area (Å²) in [5.74, 6) is -2.38. The zero-order valence-electron chi connectivity index (χ0n) is 27.1. The summed E-state index contributed by atoms with van der Waals surface area (Å²) in [6, 6.07) is 0.331. The Morgan fingerprint density at radius 3 is 2.26 bits per heavy atom. The molecule has 258 valence electrons. The lowest BCUT2D eigenvalue weighted by molar-refractivity contribution is -0.172. The van der Waals surface area contributed by atoms with Gasteiger partial charge in [0.1, 0.15) is 17.5 Å². The van der Waals surface area contributed by atoms with Crippen molar-refractivity contribution in [3.8, 4) is 0 Å². The smallest absolute Gasteiger partial charge is 0.315 e. The van der Waals surface area contributed by atoms with Gasteiger partial charge in [-0.15, -0.1) is 0 Å². The van der Waals surface area contributed by atoms with E-state index in [0.717, 1.165) is 57.1 Å². The van der Waals surface area contributed by atoms with Crippen LogP contribution in [-0.4, -0.2) is 86.1 Å². The molecule has 3 heterocycles. The minimum absolute atomic E-state index is 0.0120. The standard InChI is InChI=1S/C32H51N5O8S/c1-2-3-6-18-28(41)36(19-12-5-8-15-25(39)23-20-29(42)37(45)31(23)43)35-27(40)17-9-4-7-13-22(38)14-10-11-16-26-30-24(21-46-26)33-32(44)34-30/h23-24,26,30,45H,2-21H2,1H3,(H,35,40)(H2,33,34,44)/t23?,24-,26-,30-/m0/s1. The molecule has 3 rings (SSSR count). The maximum atomic E-state index is 12.8. The van der Waals surface area contributed by atoms with Crippen LogP contribution in [0, 0.1) is 5.92 Å². The van der Waals surface area contributed by atoms with Crippen LogP contribution in [0.4, 0.5) is 4.79 Å². The molecule has 0 aromatic rings. The summed E-state index contributed by atoms with van der Waals surface area (Å²) >= 11 is 1.88. The van der Waals surface area contributed by atoms with E-state index in [4.69, 9.17) is 0 Å². The molecule has 6 amide bonds. The Labute approximate surface area is 275 Å². The second kappa shape index (κ2) is 19.6. The van der Waals surface area contributed by atoms with E-state index >= 15 is 0 Å². The minimum atomic E-state index is -1.12. The van der Waals surface area contributed by atoms with Gasteiger partial charge in [0.15, 0.2) is 0 Å². The Balaban J connectivity index is 1.26. The predicted molar refractivity (Wildman–Crippen MR) is 171 cm³/mol. The monoisotopic (exact) mass is 665 g/mol. The van der Waals surface area contributed by atoms with E-state index in [2.05, 4.69) is 16.1 Å². The van der Waals surface area contributed by atoms with Crippen molar-refractivity contribution in [3.63, 3.8) is 0 Å². The molecule has 46 heavy (non-hydrogen) atoms. The van der Waals surface area contributed by atoms with Crippen LogP contribution in [0.15, 0.2) is 0 Å². The summed E-state index contributed by atoms with van der Waals surface area (Å²) in [6.07, 6.45) is 10.5. The topological polar surface area (TPSA) is 182 Å². The molecule has 0 aromatic heterocycles. The first kappa shape index (κ1) is 37.5. The van der Waals surface area contributed by atoms with Gasteiger partial charge in [0.05, 0.1) is 12.1 Å². The highest BCUT2D eigenvalue weighted by atomic mass is 32.2. The van der Waals surface area contributed by atoms with Gasteiger partial charge >= 0.3 is 6.03 Å². The fourth-order valence-electron chi connectivity index (χ4n) is 6.12. The third-order valence-corrected chi connectivity index (χ3v) is 10.4. The number of ketones is 2. The lowest BCUT2D eigenvalue weighted by Gasteiger charge is -2.23. The number of hydrogen-bond donors (Lipinski definition) is 4. The summed E-state index contributed by atoms with van der Waals surface area (Å²) in [6.45, 7) is 2.35. The third-order valence-electron chi connectivity index (χ3n) is 8.86. The molecule has 3 saturated heterocycles. The van der Waals surface area contributed by atoms with E-state index in [9.17, 15) is 38.8 Å². The first-order chi connectivity index (χ1) is 22.1. The molecule has 3 aliphatic heterocycles. The average molecular weight is 666 g/mol. The van der Waals surface area contributed by atoms with E-state index in [0.29, 0.717) is 56.7 Å². The molecule has 3 fully saturated rings. The van der Waals surface area contributed by atoms with Crippen molar-refractivity contribution in [2.45, 2.75) is 140 Å². The number of imide groups is 1. The zero-order valence-corrected chi connectivity index (χ0v) is 27.9. The number of Topliss-reactive ketones (excluding diaryl/α,β-unsaturated/α-hetero) is 2. The highest BCUT2D eigenvalue weighted by molar-refractivity contribution is 8.00.